The molecule has 0 radical (unpaired) electrons. The van der Waals surface area contributed by atoms with Gasteiger partial charge in [0, 0.05) is 0 Å². The van der Waals surface area contributed by atoms with Crippen molar-refractivity contribution in [3.63, 3.8) is 0 Å². The maximum absolute atomic E-state index is 11.2. The molecule has 4 atom stereocenters. The van der Waals surface area contributed by atoms with E-state index in [1.165, 1.54) is 0 Å². The third-order valence-corrected chi connectivity index (χ3v) is 2.55. The van der Waals surface area contributed by atoms with Crippen LogP contribution in [-0.2, 0) is 38.2 Å². The number of aliphatic hydroxyl groups is 4. The molecule has 0 aliphatic rings. The Morgan fingerprint density at radius 2 is 0.676 bits per heavy atom. The van der Waals surface area contributed by atoms with Crippen molar-refractivity contribution in [3.05, 3.63) is 0 Å². The average molecular weight is 574 g/mol. The number of esters is 4. The van der Waals surface area contributed by atoms with Crippen LogP contribution >= 0.6 is 0 Å². The van der Waals surface area contributed by atoms with E-state index in [4.69, 9.17) is 30.6 Å². The van der Waals surface area contributed by atoms with Crippen molar-refractivity contribution in [1.82, 2.24) is 0 Å². The quantitative estimate of drug-likeness (QED) is 0.0852. The third kappa shape index (κ3) is 27.2. The number of aliphatic carboxylic acids is 2. The molecule has 0 saturated carbocycles. The Kier molecular flexibility index (Phi) is 63.1. The zero-order valence-electron chi connectivity index (χ0n) is 12.7. The van der Waals surface area contributed by atoms with Crippen molar-refractivity contribution in [2.24, 2.45) is 0 Å². The number of carbonyl (C=O) groups is 6. The third-order valence-electron chi connectivity index (χ3n) is 2.55. The molecule has 0 rings (SSSR count). The van der Waals surface area contributed by atoms with Crippen molar-refractivity contribution in [2.45, 2.75) is 37.3 Å². The van der Waals surface area contributed by atoms with Crippen LogP contribution in [0.2, 0.25) is 0 Å². The molecule has 0 aliphatic heterocycles. The van der Waals surface area contributed by atoms with Crippen LogP contribution in [0.4, 0.5) is 0 Å². The minimum atomic E-state index is -2.57. The topological polar surface area (TPSA) is 242 Å². The van der Waals surface area contributed by atoms with E-state index in [1.807, 2.05) is 0 Å². The Morgan fingerprint density at radius 3 is 0.853 bits per heavy atom. The second-order valence-corrected chi connectivity index (χ2v) is 4.54. The van der Waals surface area contributed by atoms with E-state index < -0.39 is 73.1 Å². The molecule has 4 unspecified atom stereocenters. The van der Waals surface area contributed by atoms with E-state index in [0.717, 1.165) is 0 Å². The Labute approximate surface area is 370 Å². The Morgan fingerprint density at radius 1 is 0.471 bits per heavy atom. The second kappa shape index (κ2) is 34.3. The average Bonchev–Trinajstić information content (AvgIpc) is 2.56. The summed E-state index contributed by atoms with van der Waals surface area (Å²) >= 11 is 0. The summed E-state index contributed by atoms with van der Waals surface area (Å²) in [6, 6.07) is 0. The van der Waals surface area contributed by atoms with Gasteiger partial charge >= 0.3 is 272 Å². The molecule has 0 saturated heterocycles. The fraction of sp³-hybridized carbons (Fsp3) is 0.500. The summed E-state index contributed by atoms with van der Waals surface area (Å²) in [5, 5.41) is 52.6. The molecule has 0 aromatic heterocycles. The predicted molar refractivity (Wildman–Crippen MR) is 128 cm³/mol. The molecule has 0 spiro atoms. The Hall–Kier alpha value is 5.06. The van der Waals surface area contributed by atoms with Crippen molar-refractivity contribution in [1.29, 1.82) is 0 Å². The SMILES string of the molecule is O=C(CCC(=O)OC(=O)C(O)C(O)C(=O)O)OC(=O)C(O)C(O)C(=O)O.[NaH].[NaH].[NaH].[NaH].[NaH].[NaH].[NaH].[NaH]. The van der Waals surface area contributed by atoms with Gasteiger partial charge in [0.2, 0.25) is 0 Å². The van der Waals surface area contributed by atoms with Gasteiger partial charge in [0.25, 0.3) is 0 Å². The molecule has 0 aromatic carbocycles. The summed E-state index contributed by atoms with van der Waals surface area (Å²) in [5.41, 5.74) is 0. The molecule has 22 heteroatoms. The van der Waals surface area contributed by atoms with Crippen molar-refractivity contribution in [2.75, 3.05) is 0 Å². The first-order chi connectivity index (χ1) is 11.9. The molecule has 0 heterocycles. The van der Waals surface area contributed by atoms with Gasteiger partial charge in [-0.3, -0.25) is 9.59 Å². The molecule has 0 aromatic rings. The van der Waals surface area contributed by atoms with Crippen LogP contribution < -0.4 is 0 Å². The number of ether oxygens (including phenoxy) is 2. The van der Waals surface area contributed by atoms with Gasteiger partial charge in [-0.15, -0.1) is 0 Å². The van der Waals surface area contributed by atoms with E-state index in [2.05, 4.69) is 9.47 Å². The molecule has 6 N–H and O–H groups in total. The summed E-state index contributed by atoms with van der Waals surface area (Å²) in [6.07, 6.45) is -12.0. The van der Waals surface area contributed by atoms with Crippen LogP contribution in [0.25, 0.3) is 0 Å². The van der Waals surface area contributed by atoms with Crippen LogP contribution in [0.5, 0.6) is 0 Å². The summed E-state index contributed by atoms with van der Waals surface area (Å²) in [4.78, 5) is 65.4. The van der Waals surface area contributed by atoms with Crippen LogP contribution in [0.1, 0.15) is 12.8 Å². The van der Waals surface area contributed by atoms with E-state index >= 15 is 0 Å². The first-order valence-corrected chi connectivity index (χ1v) is 6.55. The Bertz CT molecular complexity index is 569. The standard InChI is InChI=1S/C12H14O14.8Na.8H/c13-3(25-11(23)7(17)5(15)9(19)20)1-2-4(14)26-12(24)8(18)6(16)10(21)22;;;;;;;;;;;;;;;;/h5-8,15-18H,1-2H2,(H,19,20)(H,21,22);;;;;;;;;;;;;;;;. The Balaban J connectivity index is -0.000000112. The van der Waals surface area contributed by atoms with E-state index in [9.17, 15) is 28.8 Å². The summed E-state index contributed by atoms with van der Waals surface area (Å²) < 4.78 is 7.89. The zero-order valence-corrected chi connectivity index (χ0v) is 12.7. The molecule has 34 heavy (non-hydrogen) atoms. The zero-order chi connectivity index (χ0) is 20.6. The van der Waals surface area contributed by atoms with Gasteiger partial charge in [-0.05, 0) is 0 Å². The predicted octanol–water partition coefficient (Wildman–Crippen LogP) is -9.67. The number of carboxylic acid groups (broad SMARTS) is 2. The summed E-state index contributed by atoms with van der Waals surface area (Å²) in [7, 11) is 0. The van der Waals surface area contributed by atoms with Gasteiger partial charge in [0.05, 0.1) is 12.8 Å². The molecule has 162 valence electrons. The van der Waals surface area contributed by atoms with Gasteiger partial charge in [-0.2, -0.15) is 0 Å². The number of aliphatic hydroxyl groups excluding tert-OH is 4. The summed E-state index contributed by atoms with van der Waals surface area (Å²) in [5.74, 6) is -10.5. The van der Waals surface area contributed by atoms with Gasteiger partial charge in [0.1, 0.15) is 0 Å². The number of carboxylic acids is 2. The van der Waals surface area contributed by atoms with E-state index in [1.54, 1.807) is 0 Å². The van der Waals surface area contributed by atoms with Gasteiger partial charge < -0.3 is 40.1 Å². The second-order valence-electron chi connectivity index (χ2n) is 4.54. The van der Waals surface area contributed by atoms with Crippen LogP contribution in [-0.4, -0.2) is 327 Å². The fourth-order valence-electron chi connectivity index (χ4n) is 1.18. The van der Waals surface area contributed by atoms with Crippen molar-refractivity contribution < 1.29 is 68.9 Å². The maximum atomic E-state index is 11.2. The number of rotatable bonds is 9. The monoisotopic (exact) mass is 574 g/mol. The van der Waals surface area contributed by atoms with Crippen molar-refractivity contribution >= 4 is 272 Å². The normalized spacial score (nSPS) is 11.5. The molecule has 0 bridgehead atoms. The molecule has 0 aliphatic carbocycles. The molecule has 0 fully saturated rings. The number of carbonyl (C=O) groups excluding carboxylic acids is 4. The molecular weight excluding hydrogens is 552 g/mol. The fourth-order valence-corrected chi connectivity index (χ4v) is 1.18. The van der Waals surface area contributed by atoms with E-state index in [0.29, 0.717) is 0 Å². The molecule has 14 nitrogen and oxygen atoms in total. The van der Waals surface area contributed by atoms with Crippen molar-refractivity contribution in [3.8, 4) is 0 Å². The molecule has 0 amide bonds. The van der Waals surface area contributed by atoms with E-state index in [-0.39, 0.29) is 236 Å². The van der Waals surface area contributed by atoms with Crippen LogP contribution in [0.15, 0.2) is 0 Å². The van der Waals surface area contributed by atoms with Gasteiger partial charge in [-0.1, -0.05) is 0 Å². The number of hydrogen-bond acceptors (Lipinski definition) is 12. The molecular formula is C12H22Na8O14. The van der Waals surface area contributed by atoms with Crippen LogP contribution in [0, 0.1) is 0 Å². The van der Waals surface area contributed by atoms with Crippen LogP contribution in [0.3, 0.4) is 0 Å². The van der Waals surface area contributed by atoms with Gasteiger partial charge in [0.15, 0.2) is 24.4 Å². The minimum absolute atomic E-state index is 0. The first kappa shape index (κ1) is 62.6. The number of hydrogen-bond donors (Lipinski definition) is 6. The first-order valence-electron chi connectivity index (χ1n) is 6.55. The van der Waals surface area contributed by atoms with Gasteiger partial charge in [-0.25, -0.2) is 19.2 Å². The summed E-state index contributed by atoms with van der Waals surface area (Å²) in [6.45, 7) is 0.